The van der Waals surface area contributed by atoms with Crippen LogP contribution in [0.5, 0.6) is 0 Å². The van der Waals surface area contributed by atoms with Gasteiger partial charge in [0.1, 0.15) is 5.82 Å². The van der Waals surface area contributed by atoms with Crippen LogP contribution in [0, 0.1) is 11.7 Å². The highest BCUT2D eigenvalue weighted by molar-refractivity contribution is 5.90. The van der Waals surface area contributed by atoms with Crippen LogP contribution in [0.4, 0.5) is 10.1 Å². The first-order valence-electron chi connectivity index (χ1n) is 5.16. The summed E-state index contributed by atoms with van der Waals surface area (Å²) >= 11 is 0. The Bertz CT molecular complexity index is 377. The van der Waals surface area contributed by atoms with Gasteiger partial charge in [-0.05, 0) is 24.1 Å². The minimum atomic E-state index is -0.465. The second-order valence-corrected chi connectivity index (χ2v) is 3.96. The lowest BCUT2D eigenvalue weighted by molar-refractivity contribution is 0.0601. The van der Waals surface area contributed by atoms with Crippen molar-refractivity contribution in [1.82, 2.24) is 0 Å². The number of halogens is 1. The highest BCUT2D eigenvalue weighted by Gasteiger charge is 2.09. The number of hydrogen-bond donors (Lipinski definition) is 1. The maximum Gasteiger partial charge on any atom is 0.337 e. The van der Waals surface area contributed by atoms with Crippen molar-refractivity contribution in [2.24, 2.45) is 5.92 Å². The van der Waals surface area contributed by atoms with E-state index in [0.717, 1.165) is 0 Å². The zero-order chi connectivity index (χ0) is 12.1. The minimum absolute atomic E-state index is 0.330. The summed E-state index contributed by atoms with van der Waals surface area (Å²) in [5.41, 5.74) is 0.673. The zero-order valence-electron chi connectivity index (χ0n) is 9.71. The SMILES string of the molecule is COC(=O)c1ccc(F)c(NCC(C)C)c1. The summed E-state index contributed by atoms with van der Waals surface area (Å²) in [4.78, 5) is 11.2. The quantitative estimate of drug-likeness (QED) is 0.800. The van der Waals surface area contributed by atoms with Crippen molar-refractivity contribution >= 4 is 11.7 Å². The molecule has 1 aromatic carbocycles. The molecule has 4 heteroatoms. The van der Waals surface area contributed by atoms with E-state index in [1.54, 1.807) is 0 Å². The van der Waals surface area contributed by atoms with Gasteiger partial charge in [-0.3, -0.25) is 0 Å². The summed E-state index contributed by atoms with van der Waals surface area (Å²) in [5, 5.41) is 2.95. The molecular formula is C12H16FNO2. The van der Waals surface area contributed by atoms with Crippen molar-refractivity contribution in [3.63, 3.8) is 0 Å². The highest BCUT2D eigenvalue weighted by atomic mass is 19.1. The van der Waals surface area contributed by atoms with Crippen LogP contribution in [-0.4, -0.2) is 19.6 Å². The van der Waals surface area contributed by atoms with Gasteiger partial charge in [0.15, 0.2) is 0 Å². The number of methoxy groups -OCH3 is 1. The van der Waals surface area contributed by atoms with Gasteiger partial charge < -0.3 is 10.1 Å². The van der Waals surface area contributed by atoms with Crippen LogP contribution < -0.4 is 5.32 Å². The first-order chi connectivity index (χ1) is 7.54. The Labute approximate surface area is 94.6 Å². The standard InChI is InChI=1S/C12H16FNO2/c1-8(2)7-14-11-6-9(12(15)16-3)4-5-10(11)13/h4-6,8,14H,7H2,1-3H3. The molecule has 0 bridgehead atoms. The van der Waals surface area contributed by atoms with Crippen molar-refractivity contribution < 1.29 is 13.9 Å². The lowest BCUT2D eigenvalue weighted by Gasteiger charge is -2.10. The van der Waals surface area contributed by atoms with Gasteiger partial charge in [0.2, 0.25) is 0 Å². The number of esters is 1. The first kappa shape index (κ1) is 12.5. The van der Waals surface area contributed by atoms with Crippen molar-refractivity contribution in [1.29, 1.82) is 0 Å². The molecule has 88 valence electrons. The van der Waals surface area contributed by atoms with Crippen molar-refractivity contribution in [2.45, 2.75) is 13.8 Å². The Morgan fingerprint density at radius 2 is 2.19 bits per heavy atom. The summed E-state index contributed by atoms with van der Waals surface area (Å²) in [6.45, 7) is 4.70. The summed E-state index contributed by atoms with van der Waals surface area (Å²) in [6.07, 6.45) is 0. The third kappa shape index (κ3) is 3.22. The molecule has 3 nitrogen and oxygen atoms in total. The lowest BCUT2D eigenvalue weighted by atomic mass is 10.1. The van der Waals surface area contributed by atoms with Gasteiger partial charge in [0.25, 0.3) is 0 Å². The zero-order valence-corrected chi connectivity index (χ0v) is 9.71. The fourth-order valence-corrected chi connectivity index (χ4v) is 1.22. The Kier molecular flexibility index (Phi) is 4.28. The summed E-state index contributed by atoms with van der Waals surface area (Å²) in [5.74, 6) is -0.429. The number of anilines is 1. The number of nitrogens with one attached hydrogen (secondary N) is 1. The van der Waals surface area contributed by atoms with Gasteiger partial charge in [0.05, 0.1) is 18.4 Å². The molecule has 1 aromatic rings. The molecule has 0 aliphatic carbocycles. The summed E-state index contributed by atoms with van der Waals surface area (Å²) in [6, 6.07) is 4.13. The average Bonchev–Trinajstić information content (AvgIpc) is 2.26. The van der Waals surface area contributed by atoms with Gasteiger partial charge in [-0.2, -0.15) is 0 Å². The second-order valence-electron chi connectivity index (χ2n) is 3.96. The smallest absolute Gasteiger partial charge is 0.337 e. The molecular weight excluding hydrogens is 209 g/mol. The number of carbonyl (C=O) groups is 1. The monoisotopic (exact) mass is 225 g/mol. The first-order valence-corrected chi connectivity index (χ1v) is 5.16. The highest BCUT2D eigenvalue weighted by Crippen LogP contribution is 2.17. The van der Waals surface area contributed by atoms with Crippen LogP contribution in [0.3, 0.4) is 0 Å². The van der Waals surface area contributed by atoms with Gasteiger partial charge in [0, 0.05) is 6.54 Å². The van der Waals surface area contributed by atoms with E-state index < -0.39 is 5.97 Å². The van der Waals surface area contributed by atoms with Crippen molar-refractivity contribution in [3.05, 3.63) is 29.6 Å². The van der Waals surface area contributed by atoms with Gasteiger partial charge in [-0.25, -0.2) is 9.18 Å². The molecule has 0 aliphatic heterocycles. The topological polar surface area (TPSA) is 38.3 Å². The molecule has 0 atom stereocenters. The van der Waals surface area contributed by atoms with Gasteiger partial charge in [-0.15, -0.1) is 0 Å². The molecule has 1 N–H and O–H groups in total. The number of carbonyl (C=O) groups excluding carboxylic acids is 1. The van der Waals surface area contributed by atoms with Crippen LogP contribution in [0.25, 0.3) is 0 Å². The fraction of sp³-hybridized carbons (Fsp3) is 0.417. The molecule has 1 rings (SSSR count). The number of ether oxygens (including phenoxy) is 1. The van der Waals surface area contributed by atoms with E-state index in [9.17, 15) is 9.18 Å². The number of benzene rings is 1. The van der Waals surface area contributed by atoms with Gasteiger partial charge in [-0.1, -0.05) is 13.8 Å². The number of hydrogen-bond acceptors (Lipinski definition) is 3. The summed E-state index contributed by atoms with van der Waals surface area (Å²) in [7, 11) is 1.30. The molecule has 0 amide bonds. The molecule has 0 saturated heterocycles. The van der Waals surface area contributed by atoms with E-state index in [2.05, 4.69) is 10.1 Å². The van der Waals surface area contributed by atoms with Crippen LogP contribution in [0.15, 0.2) is 18.2 Å². The van der Waals surface area contributed by atoms with E-state index >= 15 is 0 Å². The molecule has 0 spiro atoms. The normalized spacial score (nSPS) is 10.3. The number of rotatable bonds is 4. The van der Waals surface area contributed by atoms with Crippen molar-refractivity contribution in [3.8, 4) is 0 Å². The van der Waals surface area contributed by atoms with Crippen LogP contribution in [0.2, 0.25) is 0 Å². The average molecular weight is 225 g/mol. The van der Waals surface area contributed by atoms with E-state index in [1.807, 2.05) is 13.8 Å². The van der Waals surface area contributed by atoms with Crippen LogP contribution in [0.1, 0.15) is 24.2 Å². The van der Waals surface area contributed by atoms with E-state index in [-0.39, 0.29) is 5.82 Å². The van der Waals surface area contributed by atoms with Crippen molar-refractivity contribution in [2.75, 3.05) is 19.0 Å². The largest absolute Gasteiger partial charge is 0.465 e. The molecule has 16 heavy (non-hydrogen) atoms. The Balaban J connectivity index is 2.86. The Morgan fingerprint density at radius 3 is 2.75 bits per heavy atom. The van der Waals surface area contributed by atoms with E-state index in [4.69, 9.17) is 0 Å². The molecule has 0 aliphatic rings. The predicted molar refractivity (Wildman–Crippen MR) is 61.1 cm³/mol. The van der Waals surface area contributed by atoms with Crippen LogP contribution >= 0.6 is 0 Å². The third-order valence-corrected chi connectivity index (χ3v) is 2.09. The van der Waals surface area contributed by atoms with Crippen LogP contribution in [-0.2, 0) is 4.74 Å². The molecule has 0 saturated carbocycles. The van der Waals surface area contributed by atoms with E-state index in [0.29, 0.717) is 23.7 Å². The van der Waals surface area contributed by atoms with E-state index in [1.165, 1.54) is 25.3 Å². The molecule has 0 aromatic heterocycles. The Morgan fingerprint density at radius 1 is 1.50 bits per heavy atom. The predicted octanol–water partition coefficient (Wildman–Crippen LogP) is 2.68. The maximum absolute atomic E-state index is 13.4. The second kappa shape index (κ2) is 5.49. The molecule has 0 unspecified atom stereocenters. The fourth-order valence-electron chi connectivity index (χ4n) is 1.22. The summed E-state index contributed by atoms with van der Waals surface area (Å²) < 4.78 is 17.9. The van der Waals surface area contributed by atoms with Gasteiger partial charge >= 0.3 is 5.97 Å². The molecule has 0 fully saturated rings. The Hall–Kier alpha value is -1.58. The molecule has 0 radical (unpaired) electrons. The third-order valence-electron chi connectivity index (χ3n) is 2.09. The molecule has 0 heterocycles. The lowest BCUT2D eigenvalue weighted by Crippen LogP contribution is -2.10. The maximum atomic E-state index is 13.4. The minimum Gasteiger partial charge on any atom is -0.465 e.